The Labute approximate surface area is 226 Å². The summed E-state index contributed by atoms with van der Waals surface area (Å²) in [7, 11) is -5.93. The summed E-state index contributed by atoms with van der Waals surface area (Å²) in [5, 5.41) is -0.0153. The molecule has 37 heavy (non-hydrogen) atoms. The zero-order valence-electron chi connectivity index (χ0n) is 23.8. The number of unbranched alkanes of at least 4 members (excludes halogenated alkanes) is 2. The minimum absolute atomic E-state index is 0.0153. The third-order valence-corrected chi connectivity index (χ3v) is 14.7. The quantitative estimate of drug-likeness (QED) is 0.140. The number of aryl methyl sites for hydroxylation is 1. The van der Waals surface area contributed by atoms with Gasteiger partial charge < -0.3 is 13.9 Å². The van der Waals surface area contributed by atoms with E-state index in [-0.39, 0.29) is 23.7 Å². The van der Waals surface area contributed by atoms with Gasteiger partial charge in [0.05, 0.1) is 24.2 Å². The van der Waals surface area contributed by atoms with Gasteiger partial charge in [0.15, 0.2) is 8.32 Å². The molecule has 2 aromatic rings. The van der Waals surface area contributed by atoms with Gasteiger partial charge in [-0.25, -0.2) is 8.42 Å². The van der Waals surface area contributed by atoms with Crippen molar-refractivity contribution in [2.24, 2.45) is 0 Å². The molecule has 0 saturated carbocycles. The van der Waals surface area contributed by atoms with Gasteiger partial charge in [0, 0.05) is 6.42 Å². The van der Waals surface area contributed by atoms with Crippen LogP contribution in [0.2, 0.25) is 18.1 Å². The molecule has 0 bridgehead atoms. The van der Waals surface area contributed by atoms with Crippen molar-refractivity contribution in [3.05, 3.63) is 65.7 Å². The molecule has 5 nitrogen and oxygen atoms in total. The maximum Gasteiger partial charge on any atom is 0.210 e. The lowest BCUT2D eigenvalue weighted by Gasteiger charge is -2.39. The van der Waals surface area contributed by atoms with Gasteiger partial charge in [-0.2, -0.15) is 0 Å². The topological polar surface area (TPSA) is 65.1 Å². The van der Waals surface area contributed by atoms with Crippen LogP contribution in [0.5, 0.6) is 0 Å². The number of sulfone groups is 1. The van der Waals surface area contributed by atoms with E-state index >= 15 is 0 Å². The van der Waals surface area contributed by atoms with Crippen LogP contribution in [0.3, 0.4) is 0 Å². The van der Waals surface area contributed by atoms with E-state index in [4.69, 9.17) is 13.9 Å². The highest BCUT2D eigenvalue weighted by Gasteiger charge is 2.66. The minimum atomic E-state index is -3.74. The van der Waals surface area contributed by atoms with Gasteiger partial charge in [0.2, 0.25) is 14.8 Å². The third-order valence-electron chi connectivity index (χ3n) is 7.83. The number of benzene rings is 2. The summed E-state index contributed by atoms with van der Waals surface area (Å²) < 4.78 is 47.2. The number of rotatable bonds is 14. The number of epoxide rings is 1. The van der Waals surface area contributed by atoms with Crippen molar-refractivity contribution in [3.8, 4) is 0 Å². The summed E-state index contributed by atoms with van der Waals surface area (Å²) in [5.41, 5.74) is 2.10. The van der Waals surface area contributed by atoms with Crippen LogP contribution in [-0.4, -0.2) is 40.5 Å². The molecule has 3 atom stereocenters. The van der Waals surface area contributed by atoms with Gasteiger partial charge in [-0.15, -0.1) is 0 Å². The Kier molecular flexibility index (Phi) is 9.84. The molecular formula is C30H46O5SSi. The third kappa shape index (κ3) is 7.33. The average molecular weight is 547 g/mol. The van der Waals surface area contributed by atoms with Crippen molar-refractivity contribution in [1.82, 2.24) is 0 Å². The molecule has 3 rings (SSSR count). The summed E-state index contributed by atoms with van der Waals surface area (Å²) >= 11 is 0. The van der Waals surface area contributed by atoms with E-state index in [9.17, 15) is 8.42 Å². The van der Waals surface area contributed by atoms with E-state index in [1.807, 2.05) is 49.4 Å². The molecule has 0 spiro atoms. The fraction of sp³-hybridized carbons (Fsp3) is 0.600. The molecule has 0 N–H and O–H groups in total. The minimum Gasteiger partial charge on any atom is -0.411 e. The van der Waals surface area contributed by atoms with Crippen molar-refractivity contribution in [2.75, 3.05) is 6.61 Å². The van der Waals surface area contributed by atoms with E-state index in [2.05, 4.69) is 40.8 Å². The molecule has 1 saturated heterocycles. The Morgan fingerprint density at radius 1 is 1.03 bits per heavy atom. The Morgan fingerprint density at radius 3 is 2.27 bits per heavy atom. The summed E-state index contributed by atoms with van der Waals surface area (Å²) in [6.45, 7) is 15.9. The van der Waals surface area contributed by atoms with Gasteiger partial charge in [-0.1, -0.05) is 95.0 Å². The van der Waals surface area contributed by atoms with E-state index in [0.29, 0.717) is 18.1 Å². The lowest BCUT2D eigenvalue weighted by Crippen LogP contribution is -2.47. The molecule has 206 valence electrons. The summed E-state index contributed by atoms with van der Waals surface area (Å²) in [6.07, 6.45) is 3.37. The molecule has 2 aromatic carbocycles. The fourth-order valence-electron chi connectivity index (χ4n) is 4.44. The first kappa shape index (κ1) is 30.0. The van der Waals surface area contributed by atoms with Gasteiger partial charge in [-0.05, 0) is 49.2 Å². The second-order valence-corrected chi connectivity index (χ2v) is 18.9. The van der Waals surface area contributed by atoms with Crippen LogP contribution < -0.4 is 0 Å². The smallest absolute Gasteiger partial charge is 0.210 e. The average Bonchev–Trinajstić information content (AvgIpc) is 3.53. The van der Waals surface area contributed by atoms with Crippen molar-refractivity contribution < 1.29 is 22.3 Å². The van der Waals surface area contributed by atoms with Gasteiger partial charge in [0.25, 0.3) is 0 Å². The normalized spacial score (nSPS) is 21.1. The van der Waals surface area contributed by atoms with Crippen molar-refractivity contribution in [3.63, 3.8) is 0 Å². The zero-order chi connectivity index (χ0) is 27.3. The monoisotopic (exact) mass is 546 g/mol. The molecule has 1 aliphatic heterocycles. The first-order valence-electron chi connectivity index (χ1n) is 13.6. The second-order valence-electron chi connectivity index (χ2n) is 11.9. The van der Waals surface area contributed by atoms with Crippen molar-refractivity contribution >= 4 is 18.2 Å². The lowest BCUT2D eigenvalue weighted by molar-refractivity contribution is 0.0247. The van der Waals surface area contributed by atoms with Gasteiger partial charge in [-0.3, -0.25) is 0 Å². The molecular weight excluding hydrogens is 500 g/mol. The number of hydrogen-bond acceptors (Lipinski definition) is 5. The lowest BCUT2D eigenvalue weighted by atomic mass is 10.1. The highest BCUT2D eigenvalue weighted by molar-refractivity contribution is 7.93. The molecule has 0 aromatic heterocycles. The van der Waals surface area contributed by atoms with Crippen LogP contribution in [0.4, 0.5) is 0 Å². The van der Waals surface area contributed by atoms with E-state index < -0.39 is 23.1 Å². The molecule has 0 unspecified atom stereocenters. The maximum absolute atomic E-state index is 14.1. The largest absolute Gasteiger partial charge is 0.411 e. The van der Waals surface area contributed by atoms with Gasteiger partial charge in [0.1, 0.15) is 6.10 Å². The maximum atomic E-state index is 14.1. The van der Waals surface area contributed by atoms with Crippen LogP contribution in [0.1, 0.15) is 70.9 Å². The van der Waals surface area contributed by atoms with Crippen LogP contribution in [-0.2, 0) is 30.3 Å². The molecule has 1 fully saturated rings. The van der Waals surface area contributed by atoms with Crippen molar-refractivity contribution in [2.45, 2.75) is 113 Å². The summed E-state index contributed by atoms with van der Waals surface area (Å²) in [6, 6.07) is 17.1. The Balaban J connectivity index is 1.88. The number of hydrogen-bond donors (Lipinski definition) is 0. The fourth-order valence-corrected chi connectivity index (χ4v) is 7.78. The molecule has 7 heteroatoms. The predicted octanol–water partition coefficient (Wildman–Crippen LogP) is 7.44. The highest BCUT2D eigenvalue weighted by Crippen LogP contribution is 2.51. The first-order chi connectivity index (χ1) is 17.3. The van der Waals surface area contributed by atoms with E-state index in [1.165, 1.54) is 0 Å². The Hall–Kier alpha value is -1.51. The molecule has 1 heterocycles. The van der Waals surface area contributed by atoms with Crippen molar-refractivity contribution in [1.29, 1.82) is 0 Å². The van der Waals surface area contributed by atoms with E-state index in [0.717, 1.165) is 36.8 Å². The summed E-state index contributed by atoms with van der Waals surface area (Å²) in [5.74, 6) is 0. The van der Waals surface area contributed by atoms with E-state index in [1.54, 1.807) is 12.1 Å². The highest BCUT2D eigenvalue weighted by atomic mass is 32.2. The predicted molar refractivity (Wildman–Crippen MR) is 153 cm³/mol. The first-order valence-corrected chi connectivity index (χ1v) is 18.0. The summed E-state index contributed by atoms with van der Waals surface area (Å²) in [4.78, 5) is -0.966. The molecule has 0 amide bonds. The molecule has 0 radical (unpaired) electrons. The van der Waals surface area contributed by atoms with Gasteiger partial charge >= 0.3 is 0 Å². The van der Waals surface area contributed by atoms with Crippen LogP contribution in [0.15, 0.2) is 59.5 Å². The Morgan fingerprint density at radius 2 is 1.68 bits per heavy atom. The van der Waals surface area contributed by atoms with Crippen LogP contribution in [0, 0.1) is 6.92 Å². The second kappa shape index (κ2) is 12.1. The molecule has 1 aliphatic rings. The Bertz CT molecular complexity index is 1090. The standard InChI is InChI=1S/C30H46O5SSi/c1-8-9-11-16-28-30(34-28,36(31,32)27-19-17-24(2)18-20-27)21-26(35-37(6,7)29(3,4)5)23-33-22-25-14-12-10-13-15-25/h10,12-15,17-20,26,28H,8-9,11,16,21-23H2,1-7H3/t26-,28-,30+/m1/s1. The number of ether oxygens (including phenoxy) is 2. The van der Waals surface area contributed by atoms with Crippen LogP contribution >= 0.6 is 0 Å². The SMILES string of the molecule is CCCCC[C@H]1O[C@@]1(C[C@H](COCc1ccccc1)O[Si](C)(C)C(C)(C)C)S(=O)(=O)c1ccc(C)cc1. The zero-order valence-corrected chi connectivity index (χ0v) is 25.6. The molecule has 0 aliphatic carbocycles. The van der Waals surface area contributed by atoms with Crippen LogP contribution in [0.25, 0.3) is 0 Å².